The molecule has 1 atom stereocenters. The van der Waals surface area contributed by atoms with Crippen LogP contribution in [0, 0.1) is 5.92 Å². The molecule has 1 aromatic carbocycles. The van der Waals surface area contributed by atoms with E-state index in [0.29, 0.717) is 30.4 Å². The summed E-state index contributed by atoms with van der Waals surface area (Å²) in [6.07, 6.45) is 8.98. The minimum atomic E-state index is -0.0701. The zero-order valence-corrected chi connectivity index (χ0v) is 17.9. The van der Waals surface area contributed by atoms with E-state index in [0.717, 1.165) is 55.3 Å². The Hall–Kier alpha value is -2.38. The lowest BCUT2D eigenvalue weighted by Crippen LogP contribution is -2.32. The number of fused-ring (bicyclic) bond motifs is 3. The number of nitrogen functional groups attached to an aromatic ring is 1. The number of nitrogens with two attached hydrogens (primary N) is 1. The number of rotatable bonds is 5. The van der Waals surface area contributed by atoms with Crippen LogP contribution in [0.3, 0.4) is 0 Å². The second kappa shape index (κ2) is 7.64. The fourth-order valence-corrected chi connectivity index (χ4v) is 6.02. The van der Waals surface area contributed by atoms with Crippen LogP contribution in [0.5, 0.6) is 5.75 Å². The standard InChI is InChI=1S/C24H31N5O2/c25-23-22-21(27-15-28-23)20(16-6-10-26-11-7-16)13-29(22)17-2-1-3-19(12-17)30-14-24-8-4-18(31-24)5-9-24/h1-3,12,15-16,18,20,26H,4-11,13-14H2,(H2,25,27,28). The van der Waals surface area contributed by atoms with Gasteiger partial charge >= 0.3 is 0 Å². The average Bonchev–Trinajstić information content (AvgIpc) is 3.52. The van der Waals surface area contributed by atoms with Gasteiger partial charge in [0.05, 0.1) is 11.8 Å². The zero-order valence-electron chi connectivity index (χ0n) is 17.9. The van der Waals surface area contributed by atoms with Crippen molar-refractivity contribution in [1.82, 2.24) is 15.3 Å². The lowest BCUT2D eigenvalue weighted by molar-refractivity contribution is -0.0198. The molecule has 0 radical (unpaired) electrons. The van der Waals surface area contributed by atoms with Gasteiger partial charge in [-0.25, -0.2) is 9.97 Å². The molecule has 0 spiro atoms. The van der Waals surface area contributed by atoms with Crippen molar-refractivity contribution >= 4 is 17.2 Å². The molecule has 5 heterocycles. The Balaban J connectivity index is 1.25. The Morgan fingerprint density at radius 2 is 2.00 bits per heavy atom. The molecule has 4 aliphatic heterocycles. The third kappa shape index (κ3) is 3.44. The SMILES string of the molecule is Nc1ncnc2c1N(c1cccc(OCC34CCC(CC3)O4)c1)CC2C1CCNCC1. The number of nitrogens with one attached hydrogen (secondary N) is 1. The van der Waals surface area contributed by atoms with Gasteiger partial charge in [-0.3, -0.25) is 0 Å². The van der Waals surface area contributed by atoms with Gasteiger partial charge in [0.15, 0.2) is 5.82 Å². The Kier molecular flexibility index (Phi) is 4.76. The first-order chi connectivity index (χ1) is 15.2. The topological polar surface area (TPSA) is 85.5 Å². The van der Waals surface area contributed by atoms with E-state index < -0.39 is 0 Å². The Morgan fingerprint density at radius 1 is 1.16 bits per heavy atom. The van der Waals surface area contributed by atoms with Gasteiger partial charge in [0.1, 0.15) is 30.0 Å². The molecule has 6 rings (SSSR count). The second-order valence-corrected chi connectivity index (χ2v) is 9.58. The van der Waals surface area contributed by atoms with Crippen molar-refractivity contribution in [3.8, 4) is 5.75 Å². The van der Waals surface area contributed by atoms with Gasteiger partial charge in [0, 0.05) is 24.2 Å². The summed E-state index contributed by atoms with van der Waals surface area (Å²) in [5.41, 5.74) is 9.45. The van der Waals surface area contributed by atoms with Crippen LogP contribution in [0.15, 0.2) is 30.6 Å². The van der Waals surface area contributed by atoms with E-state index in [1.807, 2.05) is 6.07 Å². The van der Waals surface area contributed by atoms with Crippen LogP contribution >= 0.6 is 0 Å². The van der Waals surface area contributed by atoms with E-state index in [4.69, 9.17) is 15.2 Å². The van der Waals surface area contributed by atoms with E-state index in [9.17, 15) is 0 Å². The number of nitrogens with zero attached hydrogens (tertiary/aromatic N) is 3. The summed E-state index contributed by atoms with van der Waals surface area (Å²) in [6.45, 7) is 3.67. The highest BCUT2D eigenvalue weighted by molar-refractivity contribution is 5.78. The predicted molar refractivity (Wildman–Crippen MR) is 120 cm³/mol. The highest BCUT2D eigenvalue weighted by atomic mass is 16.6. The number of hydrogen-bond acceptors (Lipinski definition) is 7. The molecule has 1 aromatic heterocycles. The van der Waals surface area contributed by atoms with E-state index in [1.54, 1.807) is 6.33 Å². The highest BCUT2D eigenvalue weighted by Gasteiger charge is 2.46. The van der Waals surface area contributed by atoms with Crippen molar-refractivity contribution in [3.05, 3.63) is 36.3 Å². The summed E-state index contributed by atoms with van der Waals surface area (Å²) in [5, 5.41) is 3.47. The zero-order chi connectivity index (χ0) is 20.8. The number of piperidine rings is 1. The summed E-state index contributed by atoms with van der Waals surface area (Å²) in [6, 6.07) is 8.35. The monoisotopic (exact) mass is 421 g/mol. The van der Waals surface area contributed by atoms with Gasteiger partial charge < -0.3 is 25.4 Å². The molecule has 0 amide bonds. The lowest BCUT2D eigenvalue weighted by atomic mass is 9.84. The van der Waals surface area contributed by atoms with Crippen LogP contribution in [0.1, 0.15) is 50.1 Å². The second-order valence-electron chi connectivity index (χ2n) is 9.58. The largest absolute Gasteiger partial charge is 0.491 e. The van der Waals surface area contributed by atoms with E-state index >= 15 is 0 Å². The Labute approximate surface area is 183 Å². The van der Waals surface area contributed by atoms with Gasteiger partial charge in [-0.15, -0.1) is 0 Å². The van der Waals surface area contributed by atoms with Crippen LogP contribution in [0.2, 0.25) is 0 Å². The first kappa shape index (κ1) is 19.3. The molecule has 1 unspecified atom stereocenters. The molecule has 0 aliphatic carbocycles. The molecule has 2 aromatic rings. The van der Waals surface area contributed by atoms with Crippen LogP contribution < -0.4 is 20.7 Å². The fraction of sp³-hybridized carbons (Fsp3) is 0.583. The van der Waals surface area contributed by atoms with Gasteiger partial charge in [-0.2, -0.15) is 0 Å². The van der Waals surface area contributed by atoms with Crippen LogP contribution in [0.25, 0.3) is 0 Å². The van der Waals surface area contributed by atoms with Gasteiger partial charge in [-0.1, -0.05) is 6.07 Å². The fourth-order valence-electron chi connectivity index (χ4n) is 6.02. The van der Waals surface area contributed by atoms with E-state index in [-0.39, 0.29) is 5.60 Å². The van der Waals surface area contributed by atoms with Gasteiger partial charge in [0.2, 0.25) is 0 Å². The first-order valence-electron chi connectivity index (χ1n) is 11.7. The van der Waals surface area contributed by atoms with Crippen molar-refractivity contribution in [2.75, 3.05) is 36.9 Å². The minimum absolute atomic E-state index is 0.0701. The van der Waals surface area contributed by atoms with Crippen molar-refractivity contribution in [2.45, 2.75) is 56.1 Å². The number of ether oxygens (including phenoxy) is 2. The van der Waals surface area contributed by atoms with Gasteiger partial charge in [-0.05, 0) is 69.7 Å². The summed E-state index contributed by atoms with van der Waals surface area (Å²) >= 11 is 0. The number of aromatic nitrogens is 2. The molecule has 31 heavy (non-hydrogen) atoms. The molecule has 7 heteroatoms. The number of anilines is 3. The predicted octanol–water partition coefficient (Wildman–Crippen LogP) is 3.38. The summed E-state index contributed by atoms with van der Waals surface area (Å²) in [4.78, 5) is 11.3. The Morgan fingerprint density at radius 3 is 2.77 bits per heavy atom. The molecule has 3 N–H and O–H groups in total. The van der Waals surface area contributed by atoms with Crippen molar-refractivity contribution in [2.24, 2.45) is 5.92 Å². The summed E-state index contributed by atoms with van der Waals surface area (Å²) < 4.78 is 12.4. The normalized spacial score (nSPS) is 30.0. The maximum atomic E-state index is 6.36. The molecule has 3 fully saturated rings. The molecule has 0 saturated carbocycles. The number of hydrogen-bond donors (Lipinski definition) is 2. The quantitative estimate of drug-likeness (QED) is 0.765. The first-order valence-corrected chi connectivity index (χ1v) is 11.7. The van der Waals surface area contributed by atoms with E-state index in [2.05, 4.69) is 38.4 Å². The maximum absolute atomic E-state index is 6.36. The van der Waals surface area contributed by atoms with Crippen LogP contribution in [0.4, 0.5) is 17.2 Å². The highest BCUT2D eigenvalue weighted by Crippen LogP contribution is 2.48. The van der Waals surface area contributed by atoms with Crippen molar-refractivity contribution in [1.29, 1.82) is 0 Å². The van der Waals surface area contributed by atoms with E-state index in [1.165, 1.54) is 25.7 Å². The molecule has 2 bridgehead atoms. The van der Waals surface area contributed by atoms with Crippen LogP contribution in [-0.2, 0) is 4.74 Å². The average molecular weight is 422 g/mol. The lowest BCUT2D eigenvalue weighted by Gasteiger charge is -2.28. The summed E-state index contributed by atoms with van der Waals surface area (Å²) in [7, 11) is 0. The minimum Gasteiger partial charge on any atom is -0.491 e. The van der Waals surface area contributed by atoms with Crippen LogP contribution in [-0.4, -0.2) is 47.9 Å². The van der Waals surface area contributed by atoms with Gasteiger partial charge in [0.25, 0.3) is 0 Å². The smallest absolute Gasteiger partial charge is 0.151 e. The van der Waals surface area contributed by atoms with Crippen molar-refractivity contribution in [3.63, 3.8) is 0 Å². The molecule has 3 saturated heterocycles. The molecule has 4 aliphatic rings. The van der Waals surface area contributed by atoms with Crippen molar-refractivity contribution < 1.29 is 9.47 Å². The Bertz CT molecular complexity index is 953. The molecular weight excluding hydrogens is 390 g/mol. The summed E-state index contributed by atoms with van der Waals surface area (Å²) in [5.74, 6) is 2.44. The maximum Gasteiger partial charge on any atom is 0.151 e. The molecule has 7 nitrogen and oxygen atoms in total. The molecular formula is C24H31N5O2. The third-order valence-electron chi connectivity index (χ3n) is 7.72. The number of benzene rings is 1. The molecule has 164 valence electrons. The third-order valence-corrected chi connectivity index (χ3v) is 7.72.